The third kappa shape index (κ3) is 5.67. The SMILES string of the molecule is CC(C)(C)CC12CC3(CC(C)(C)C)CC(CC(C)(C)C)(C1)CC(CC(C)(C)C)(C2)C3. The zero-order chi connectivity index (χ0) is 23.1. The average Bonchev–Trinajstić information content (AvgIpc) is 2.21. The van der Waals surface area contributed by atoms with Crippen molar-refractivity contribution in [3.05, 3.63) is 0 Å². The van der Waals surface area contributed by atoms with E-state index < -0.39 is 0 Å². The molecule has 0 aliphatic heterocycles. The van der Waals surface area contributed by atoms with Gasteiger partial charge in [-0.25, -0.2) is 0 Å². The van der Waals surface area contributed by atoms with Crippen LogP contribution in [0.5, 0.6) is 0 Å². The molecule has 4 aliphatic rings. The van der Waals surface area contributed by atoms with Crippen LogP contribution >= 0.6 is 0 Å². The van der Waals surface area contributed by atoms with Gasteiger partial charge in [-0.3, -0.25) is 0 Å². The van der Waals surface area contributed by atoms with Crippen molar-refractivity contribution in [1.29, 1.82) is 0 Å². The van der Waals surface area contributed by atoms with Crippen LogP contribution in [0, 0.1) is 43.3 Å². The summed E-state index contributed by atoms with van der Waals surface area (Å²) in [6.07, 6.45) is 14.9. The van der Waals surface area contributed by atoms with Gasteiger partial charge in [0.15, 0.2) is 0 Å². The van der Waals surface area contributed by atoms with Gasteiger partial charge in [-0.15, -0.1) is 0 Å². The molecule has 0 heterocycles. The summed E-state index contributed by atoms with van der Waals surface area (Å²) in [6, 6.07) is 0. The molecule has 0 atom stereocenters. The molecule has 0 unspecified atom stereocenters. The van der Waals surface area contributed by atoms with Crippen LogP contribution in [0.2, 0.25) is 0 Å². The highest BCUT2D eigenvalue weighted by molar-refractivity contribution is 5.19. The molecule has 0 radical (unpaired) electrons. The molecule has 0 nitrogen and oxygen atoms in total. The largest absolute Gasteiger partial charge is 0.0602 e. The molecule has 0 aromatic carbocycles. The Morgan fingerprint density at radius 1 is 0.333 bits per heavy atom. The van der Waals surface area contributed by atoms with Gasteiger partial charge in [0.25, 0.3) is 0 Å². The maximum absolute atomic E-state index is 2.51. The predicted octanol–water partition coefficient (Wildman–Crippen LogP) is 10.1. The van der Waals surface area contributed by atoms with E-state index in [1.165, 1.54) is 64.2 Å². The molecular weight excluding hydrogens is 360 g/mol. The molecule has 4 aliphatic carbocycles. The lowest BCUT2D eigenvalue weighted by molar-refractivity contribution is -0.232. The monoisotopic (exact) mass is 416 g/mol. The van der Waals surface area contributed by atoms with Crippen LogP contribution in [0.1, 0.15) is 147 Å². The molecule has 30 heavy (non-hydrogen) atoms. The predicted molar refractivity (Wildman–Crippen MR) is 134 cm³/mol. The minimum absolute atomic E-state index is 0.431. The molecule has 4 fully saturated rings. The number of hydrogen-bond donors (Lipinski definition) is 0. The average molecular weight is 417 g/mol. The van der Waals surface area contributed by atoms with Crippen LogP contribution in [0.4, 0.5) is 0 Å². The molecule has 4 saturated carbocycles. The van der Waals surface area contributed by atoms with Gasteiger partial charge >= 0.3 is 0 Å². The van der Waals surface area contributed by atoms with Crippen molar-refractivity contribution in [3.63, 3.8) is 0 Å². The van der Waals surface area contributed by atoms with Crippen LogP contribution < -0.4 is 0 Å². The lowest BCUT2D eigenvalue weighted by Gasteiger charge is -2.74. The zero-order valence-corrected chi connectivity index (χ0v) is 23.1. The highest BCUT2D eigenvalue weighted by Crippen LogP contribution is 2.79. The molecule has 0 aromatic heterocycles. The maximum atomic E-state index is 2.51. The third-order valence-electron chi connectivity index (χ3n) is 8.12. The third-order valence-corrected chi connectivity index (χ3v) is 8.12. The van der Waals surface area contributed by atoms with E-state index in [-0.39, 0.29) is 0 Å². The molecular formula is C30H56. The van der Waals surface area contributed by atoms with Gasteiger partial charge in [0.1, 0.15) is 0 Å². The summed E-state index contributed by atoms with van der Waals surface area (Å²) in [5.41, 5.74) is 4.04. The van der Waals surface area contributed by atoms with E-state index in [2.05, 4.69) is 83.1 Å². The van der Waals surface area contributed by atoms with Gasteiger partial charge in [-0.05, 0) is 108 Å². The van der Waals surface area contributed by atoms with E-state index in [4.69, 9.17) is 0 Å². The van der Waals surface area contributed by atoms with Crippen LogP contribution in [0.25, 0.3) is 0 Å². The molecule has 4 bridgehead atoms. The van der Waals surface area contributed by atoms with E-state index in [1.807, 2.05) is 0 Å². The fourth-order valence-electron chi connectivity index (χ4n) is 10.8. The van der Waals surface area contributed by atoms with Gasteiger partial charge in [0.2, 0.25) is 0 Å². The molecule has 0 aromatic rings. The second kappa shape index (κ2) is 6.76. The van der Waals surface area contributed by atoms with Crippen molar-refractivity contribution in [1.82, 2.24) is 0 Å². The fourth-order valence-corrected chi connectivity index (χ4v) is 10.8. The fraction of sp³-hybridized carbons (Fsp3) is 1.00. The summed E-state index contributed by atoms with van der Waals surface area (Å²) in [5, 5.41) is 0. The first-order valence-corrected chi connectivity index (χ1v) is 13.1. The van der Waals surface area contributed by atoms with Gasteiger partial charge in [-0.2, -0.15) is 0 Å². The lowest BCUT2D eigenvalue weighted by Crippen LogP contribution is -2.63. The summed E-state index contributed by atoms with van der Waals surface area (Å²) in [5.74, 6) is 0. The van der Waals surface area contributed by atoms with Gasteiger partial charge < -0.3 is 0 Å². The van der Waals surface area contributed by atoms with Crippen LogP contribution in [0.3, 0.4) is 0 Å². The first-order valence-electron chi connectivity index (χ1n) is 13.1. The molecule has 0 heteroatoms. The van der Waals surface area contributed by atoms with Gasteiger partial charge in [0, 0.05) is 0 Å². The Hall–Kier alpha value is 0. The maximum Gasteiger partial charge on any atom is -0.0277 e. The summed E-state index contributed by atoms with van der Waals surface area (Å²) in [4.78, 5) is 0. The highest BCUT2D eigenvalue weighted by Gasteiger charge is 2.68. The van der Waals surface area contributed by atoms with Crippen LogP contribution in [-0.4, -0.2) is 0 Å². The topological polar surface area (TPSA) is 0 Å². The Morgan fingerprint density at radius 3 is 0.567 bits per heavy atom. The number of rotatable bonds is 4. The Balaban J connectivity index is 2.13. The van der Waals surface area contributed by atoms with Crippen molar-refractivity contribution in [2.45, 2.75) is 147 Å². The van der Waals surface area contributed by atoms with Crippen molar-refractivity contribution < 1.29 is 0 Å². The van der Waals surface area contributed by atoms with E-state index >= 15 is 0 Å². The van der Waals surface area contributed by atoms with E-state index in [0.29, 0.717) is 43.3 Å². The van der Waals surface area contributed by atoms with Crippen molar-refractivity contribution in [2.24, 2.45) is 43.3 Å². The summed E-state index contributed by atoms with van der Waals surface area (Å²) >= 11 is 0. The Morgan fingerprint density at radius 2 is 0.467 bits per heavy atom. The molecule has 176 valence electrons. The standard InChI is InChI=1S/C30H56/c1-23(2,3)13-27-17-28(14-24(4,5)6)20-29(18-27,15-25(7,8)9)22-30(19-27,21-28)16-26(10,11)12/h13-22H2,1-12H3. The normalized spacial score (nSPS) is 39.6. The molecule has 0 saturated heterocycles. The van der Waals surface area contributed by atoms with Crippen molar-refractivity contribution >= 4 is 0 Å². The van der Waals surface area contributed by atoms with E-state index in [9.17, 15) is 0 Å². The van der Waals surface area contributed by atoms with Crippen molar-refractivity contribution in [2.75, 3.05) is 0 Å². The summed E-state index contributed by atoms with van der Waals surface area (Å²) in [7, 11) is 0. The summed E-state index contributed by atoms with van der Waals surface area (Å²) in [6.45, 7) is 30.1. The van der Waals surface area contributed by atoms with E-state index in [0.717, 1.165) is 0 Å². The van der Waals surface area contributed by atoms with Crippen molar-refractivity contribution in [3.8, 4) is 0 Å². The molecule has 4 rings (SSSR count). The lowest BCUT2D eigenvalue weighted by atomic mass is 9.31. The molecule has 0 amide bonds. The van der Waals surface area contributed by atoms with E-state index in [1.54, 1.807) is 0 Å². The smallest absolute Gasteiger partial charge is 0.0277 e. The van der Waals surface area contributed by atoms with Gasteiger partial charge in [-0.1, -0.05) is 83.1 Å². The minimum Gasteiger partial charge on any atom is -0.0602 e. The quantitative estimate of drug-likeness (QED) is 0.427. The Kier molecular flexibility index (Phi) is 5.55. The Labute approximate surface area is 190 Å². The van der Waals surface area contributed by atoms with Gasteiger partial charge in [0.05, 0.1) is 0 Å². The minimum atomic E-state index is 0.431. The second-order valence-corrected chi connectivity index (χ2v) is 18.0. The Bertz CT molecular complexity index is 484. The van der Waals surface area contributed by atoms with Crippen LogP contribution in [-0.2, 0) is 0 Å². The zero-order valence-electron chi connectivity index (χ0n) is 23.1. The molecule has 0 N–H and O–H groups in total. The first kappa shape index (κ1) is 24.6. The highest BCUT2D eigenvalue weighted by atomic mass is 14.7. The molecule has 0 spiro atoms. The summed E-state index contributed by atoms with van der Waals surface area (Å²) < 4.78 is 0. The first-order chi connectivity index (χ1) is 13.1. The second-order valence-electron chi connectivity index (χ2n) is 18.0. The number of hydrogen-bond acceptors (Lipinski definition) is 0. The van der Waals surface area contributed by atoms with Crippen LogP contribution in [0.15, 0.2) is 0 Å².